The third-order valence-electron chi connectivity index (χ3n) is 3.86. The second kappa shape index (κ2) is 4.57. The maximum Gasteiger partial charge on any atom is 0.279 e. The Kier molecular flexibility index (Phi) is 2.77. The van der Waals surface area contributed by atoms with Crippen LogP contribution in [0.1, 0.15) is 24.5 Å². The van der Waals surface area contributed by atoms with Crippen LogP contribution in [-0.2, 0) is 17.1 Å². The van der Waals surface area contributed by atoms with Crippen molar-refractivity contribution < 1.29 is 8.42 Å². The number of hydrogen-bond donors (Lipinski definition) is 2. The van der Waals surface area contributed by atoms with E-state index in [9.17, 15) is 8.42 Å². The van der Waals surface area contributed by atoms with Gasteiger partial charge >= 0.3 is 0 Å². The van der Waals surface area contributed by atoms with Gasteiger partial charge in [0.25, 0.3) is 10.0 Å². The average Bonchev–Trinajstić information content (AvgIpc) is 3.06. The molecule has 114 valence electrons. The van der Waals surface area contributed by atoms with Gasteiger partial charge in [0.15, 0.2) is 5.03 Å². The molecule has 0 bridgehead atoms. The smallest absolute Gasteiger partial charge is 0.278 e. The molecule has 1 fully saturated rings. The molecule has 22 heavy (non-hydrogen) atoms. The highest BCUT2D eigenvalue weighted by molar-refractivity contribution is 7.92. The predicted octanol–water partition coefficient (Wildman–Crippen LogP) is 1.97. The molecule has 2 N–H and O–H groups in total. The summed E-state index contributed by atoms with van der Waals surface area (Å²) in [5.41, 5.74) is 2.13. The number of nitrogens with zero attached hydrogens (tertiary/aromatic N) is 3. The summed E-state index contributed by atoms with van der Waals surface area (Å²) in [7, 11) is -2.04. The number of hydrogen-bond acceptors (Lipinski definition) is 4. The summed E-state index contributed by atoms with van der Waals surface area (Å²) in [4.78, 5) is 0. The van der Waals surface area contributed by atoms with Gasteiger partial charge in [-0.15, -0.1) is 0 Å². The third-order valence-corrected chi connectivity index (χ3v) is 5.28. The van der Waals surface area contributed by atoms with Crippen molar-refractivity contribution in [3.63, 3.8) is 0 Å². The number of anilines is 1. The Morgan fingerprint density at radius 2 is 2.18 bits per heavy atom. The normalized spacial score (nSPS) is 15.3. The Hall–Kier alpha value is -2.35. The molecule has 4 rings (SSSR count). The predicted molar refractivity (Wildman–Crippen MR) is 82.1 cm³/mol. The number of sulfonamides is 1. The van der Waals surface area contributed by atoms with Crippen molar-refractivity contribution >= 4 is 26.6 Å². The first-order chi connectivity index (χ1) is 10.5. The summed E-state index contributed by atoms with van der Waals surface area (Å²) < 4.78 is 29.3. The molecule has 2 heterocycles. The lowest BCUT2D eigenvalue weighted by atomic mass is 10.2. The van der Waals surface area contributed by atoms with Crippen LogP contribution in [0.15, 0.2) is 35.5 Å². The van der Waals surface area contributed by atoms with Gasteiger partial charge in [0.2, 0.25) is 0 Å². The first-order valence-corrected chi connectivity index (χ1v) is 8.52. The monoisotopic (exact) mass is 317 g/mol. The summed E-state index contributed by atoms with van der Waals surface area (Å²) in [5.74, 6) is 0.410. The second-order valence-corrected chi connectivity index (χ2v) is 7.18. The molecule has 0 saturated heterocycles. The van der Waals surface area contributed by atoms with Crippen molar-refractivity contribution in [2.24, 2.45) is 7.05 Å². The fourth-order valence-electron chi connectivity index (χ4n) is 2.56. The number of aryl methyl sites for hydroxylation is 1. The quantitative estimate of drug-likeness (QED) is 0.769. The van der Waals surface area contributed by atoms with E-state index in [2.05, 4.69) is 20.0 Å². The average molecular weight is 317 g/mol. The van der Waals surface area contributed by atoms with Gasteiger partial charge in [-0.1, -0.05) is 6.07 Å². The van der Waals surface area contributed by atoms with Crippen LogP contribution in [0.4, 0.5) is 5.69 Å². The molecule has 0 spiro atoms. The summed E-state index contributed by atoms with van der Waals surface area (Å²) in [6.45, 7) is 0. The van der Waals surface area contributed by atoms with E-state index in [1.54, 1.807) is 31.4 Å². The van der Waals surface area contributed by atoms with Crippen LogP contribution in [0.5, 0.6) is 0 Å². The summed E-state index contributed by atoms with van der Waals surface area (Å²) in [6.07, 6.45) is 3.77. The SMILES string of the molecule is Cn1nc(C2CC2)cc1S(=O)(=O)Nc1cccc2[nH]ncc12. The molecular formula is C14H15N5O2S. The van der Waals surface area contributed by atoms with Crippen LogP contribution in [0.25, 0.3) is 10.9 Å². The molecule has 1 aromatic carbocycles. The summed E-state index contributed by atoms with van der Waals surface area (Å²) in [6, 6.07) is 7.00. The van der Waals surface area contributed by atoms with E-state index < -0.39 is 10.0 Å². The fraction of sp³-hybridized carbons (Fsp3) is 0.286. The van der Waals surface area contributed by atoms with Crippen LogP contribution in [0, 0.1) is 0 Å². The molecule has 2 aromatic heterocycles. The van der Waals surface area contributed by atoms with Gasteiger partial charge in [0, 0.05) is 24.4 Å². The maximum absolute atomic E-state index is 12.6. The number of H-pyrrole nitrogens is 1. The molecule has 0 atom stereocenters. The van der Waals surface area contributed by atoms with Gasteiger partial charge in [-0.25, -0.2) is 0 Å². The molecular weight excluding hydrogens is 302 g/mol. The standard InChI is InChI=1S/C14H15N5O2S/c1-19-14(7-13(17-19)9-5-6-9)22(20,21)18-12-4-2-3-11-10(12)8-15-16-11/h2-4,7-9,18H,5-6H2,1H3,(H,15,16). The highest BCUT2D eigenvalue weighted by Gasteiger charge is 2.30. The van der Waals surface area contributed by atoms with Gasteiger partial charge in [0.1, 0.15) is 0 Å². The number of benzene rings is 1. The van der Waals surface area contributed by atoms with Crippen molar-refractivity contribution in [2.45, 2.75) is 23.8 Å². The number of aromatic nitrogens is 4. The second-order valence-electron chi connectivity index (χ2n) is 5.55. The van der Waals surface area contributed by atoms with Crippen molar-refractivity contribution in [1.29, 1.82) is 0 Å². The summed E-state index contributed by atoms with van der Waals surface area (Å²) in [5, 5.41) is 12.0. The van der Waals surface area contributed by atoms with Crippen LogP contribution in [0.2, 0.25) is 0 Å². The van der Waals surface area contributed by atoms with Gasteiger partial charge in [-0.3, -0.25) is 14.5 Å². The van der Waals surface area contributed by atoms with Gasteiger partial charge < -0.3 is 0 Å². The molecule has 1 aliphatic rings. The van der Waals surface area contributed by atoms with E-state index in [0.29, 0.717) is 11.6 Å². The summed E-state index contributed by atoms with van der Waals surface area (Å²) >= 11 is 0. The van der Waals surface area contributed by atoms with E-state index in [-0.39, 0.29) is 5.03 Å². The molecule has 3 aromatic rings. The zero-order valence-electron chi connectivity index (χ0n) is 11.9. The van der Waals surface area contributed by atoms with Crippen molar-refractivity contribution in [1.82, 2.24) is 20.0 Å². The van der Waals surface area contributed by atoms with E-state index in [4.69, 9.17) is 0 Å². The topological polar surface area (TPSA) is 92.7 Å². The number of rotatable bonds is 4. The van der Waals surface area contributed by atoms with Crippen molar-refractivity contribution in [2.75, 3.05) is 4.72 Å². The largest absolute Gasteiger partial charge is 0.279 e. The minimum absolute atomic E-state index is 0.176. The Morgan fingerprint density at radius 1 is 1.36 bits per heavy atom. The molecule has 8 heteroatoms. The van der Waals surface area contributed by atoms with Gasteiger partial charge in [-0.2, -0.15) is 18.6 Å². The molecule has 1 aliphatic carbocycles. The lowest BCUT2D eigenvalue weighted by Crippen LogP contribution is -2.16. The van der Waals surface area contributed by atoms with Gasteiger partial charge in [-0.05, 0) is 25.0 Å². The van der Waals surface area contributed by atoms with Crippen LogP contribution in [0.3, 0.4) is 0 Å². The third kappa shape index (κ3) is 2.16. The van der Waals surface area contributed by atoms with Crippen LogP contribution >= 0.6 is 0 Å². The van der Waals surface area contributed by atoms with Crippen LogP contribution < -0.4 is 4.72 Å². The Labute approximate surface area is 127 Å². The lowest BCUT2D eigenvalue weighted by molar-refractivity contribution is 0.581. The highest BCUT2D eigenvalue weighted by Crippen LogP contribution is 2.39. The van der Waals surface area contributed by atoms with Crippen LogP contribution in [-0.4, -0.2) is 28.4 Å². The van der Waals surface area contributed by atoms with E-state index >= 15 is 0 Å². The first-order valence-electron chi connectivity index (χ1n) is 7.03. The Bertz CT molecular complexity index is 953. The van der Waals surface area contributed by atoms with Gasteiger partial charge in [0.05, 0.1) is 23.1 Å². The van der Waals surface area contributed by atoms with E-state index in [0.717, 1.165) is 29.4 Å². The molecule has 0 unspecified atom stereocenters. The minimum Gasteiger partial charge on any atom is -0.278 e. The molecule has 0 amide bonds. The lowest BCUT2D eigenvalue weighted by Gasteiger charge is -2.08. The van der Waals surface area contributed by atoms with E-state index in [1.807, 2.05) is 6.07 Å². The number of aromatic amines is 1. The zero-order chi connectivity index (χ0) is 15.3. The first kappa shape index (κ1) is 13.3. The zero-order valence-corrected chi connectivity index (χ0v) is 12.8. The highest BCUT2D eigenvalue weighted by atomic mass is 32.2. The fourth-order valence-corrected chi connectivity index (χ4v) is 3.79. The Morgan fingerprint density at radius 3 is 2.95 bits per heavy atom. The molecule has 1 saturated carbocycles. The Balaban J connectivity index is 1.73. The van der Waals surface area contributed by atoms with E-state index in [1.165, 1.54) is 4.68 Å². The molecule has 0 radical (unpaired) electrons. The van der Waals surface area contributed by atoms with Crippen molar-refractivity contribution in [3.8, 4) is 0 Å². The number of fused-ring (bicyclic) bond motifs is 1. The van der Waals surface area contributed by atoms with Crippen molar-refractivity contribution in [3.05, 3.63) is 36.2 Å². The molecule has 0 aliphatic heterocycles. The minimum atomic E-state index is -3.69. The molecule has 7 nitrogen and oxygen atoms in total. The number of nitrogens with one attached hydrogen (secondary N) is 2. The maximum atomic E-state index is 12.6.